The Morgan fingerprint density at radius 3 is 1.86 bits per heavy atom. The van der Waals surface area contributed by atoms with Crippen molar-refractivity contribution in [2.45, 2.75) is 41.0 Å². The van der Waals surface area contributed by atoms with Crippen LogP contribution < -0.4 is 5.73 Å². The van der Waals surface area contributed by atoms with Gasteiger partial charge in [0.05, 0.1) is 0 Å². The van der Waals surface area contributed by atoms with E-state index < -0.39 is 0 Å². The highest BCUT2D eigenvalue weighted by atomic mass is 15.1. The Kier molecular flexibility index (Phi) is 5.10. The van der Waals surface area contributed by atoms with Crippen LogP contribution in [0.15, 0.2) is 0 Å². The standard InChI is InChI=1S/C12H28N2/c1-11(2,3)9-14(6)10-12(4,5)7-8-13/h7-10,13H2,1-6H3. The van der Waals surface area contributed by atoms with Crippen LogP contribution in [-0.2, 0) is 0 Å². The van der Waals surface area contributed by atoms with Crippen LogP contribution in [0.2, 0.25) is 0 Å². The quantitative estimate of drug-likeness (QED) is 0.738. The molecule has 0 aromatic carbocycles. The second-order valence-corrected chi connectivity index (χ2v) is 6.44. The molecular formula is C12H28N2. The smallest absolute Gasteiger partial charge is 0.00303 e. The molecule has 0 heterocycles. The molecule has 0 aliphatic carbocycles. The fourth-order valence-corrected chi connectivity index (χ4v) is 2.07. The molecule has 0 saturated heterocycles. The van der Waals surface area contributed by atoms with E-state index in [0.717, 1.165) is 26.1 Å². The van der Waals surface area contributed by atoms with Crippen LogP contribution >= 0.6 is 0 Å². The summed E-state index contributed by atoms with van der Waals surface area (Å²) >= 11 is 0. The molecule has 0 bridgehead atoms. The predicted molar refractivity (Wildman–Crippen MR) is 64.4 cm³/mol. The van der Waals surface area contributed by atoms with Gasteiger partial charge in [-0.15, -0.1) is 0 Å². The van der Waals surface area contributed by atoms with Crippen molar-refractivity contribution in [3.8, 4) is 0 Å². The van der Waals surface area contributed by atoms with Crippen LogP contribution in [0.3, 0.4) is 0 Å². The van der Waals surface area contributed by atoms with Crippen molar-refractivity contribution in [2.24, 2.45) is 16.6 Å². The zero-order valence-corrected chi connectivity index (χ0v) is 10.9. The normalized spacial score (nSPS) is 13.7. The van der Waals surface area contributed by atoms with Crippen molar-refractivity contribution in [3.05, 3.63) is 0 Å². The Balaban J connectivity index is 3.98. The lowest BCUT2D eigenvalue weighted by Gasteiger charge is -2.33. The summed E-state index contributed by atoms with van der Waals surface area (Å²) in [6.07, 6.45) is 1.10. The van der Waals surface area contributed by atoms with E-state index in [0.29, 0.717) is 10.8 Å². The van der Waals surface area contributed by atoms with Crippen LogP contribution in [0, 0.1) is 10.8 Å². The van der Waals surface area contributed by atoms with E-state index in [-0.39, 0.29) is 0 Å². The van der Waals surface area contributed by atoms with E-state index in [1.807, 2.05) is 0 Å². The first-order chi connectivity index (χ1) is 6.16. The average molecular weight is 200 g/mol. The summed E-state index contributed by atoms with van der Waals surface area (Å²) in [6, 6.07) is 0. The molecule has 0 aromatic heterocycles. The Bertz CT molecular complexity index is 156. The van der Waals surface area contributed by atoms with Crippen molar-refractivity contribution >= 4 is 0 Å². The van der Waals surface area contributed by atoms with Gasteiger partial charge in [-0.3, -0.25) is 0 Å². The summed E-state index contributed by atoms with van der Waals surface area (Å²) in [5.74, 6) is 0. The largest absolute Gasteiger partial charge is 0.330 e. The number of nitrogens with zero attached hydrogens (tertiary/aromatic N) is 1. The summed E-state index contributed by atoms with van der Waals surface area (Å²) < 4.78 is 0. The molecule has 0 aliphatic heterocycles. The molecule has 86 valence electrons. The lowest BCUT2D eigenvalue weighted by Crippen LogP contribution is -2.37. The maximum absolute atomic E-state index is 5.60. The van der Waals surface area contributed by atoms with Gasteiger partial charge < -0.3 is 10.6 Å². The Hall–Kier alpha value is -0.0800. The summed E-state index contributed by atoms with van der Waals surface area (Å²) in [5.41, 5.74) is 6.32. The van der Waals surface area contributed by atoms with Gasteiger partial charge in [0.1, 0.15) is 0 Å². The van der Waals surface area contributed by atoms with Crippen LogP contribution in [0.1, 0.15) is 41.0 Å². The van der Waals surface area contributed by atoms with Crippen LogP contribution in [-0.4, -0.2) is 31.6 Å². The molecule has 0 aliphatic rings. The van der Waals surface area contributed by atoms with Crippen LogP contribution in [0.4, 0.5) is 0 Å². The summed E-state index contributed by atoms with van der Waals surface area (Å²) in [6.45, 7) is 14.5. The van der Waals surface area contributed by atoms with Gasteiger partial charge in [-0.2, -0.15) is 0 Å². The molecule has 0 spiro atoms. The third kappa shape index (κ3) is 7.34. The van der Waals surface area contributed by atoms with E-state index in [1.54, 1.807) is 0 Å². The van der Waals surface area contributed by atoms with Crippen molar-refractivity contribution < 1.29 is 0 Å². The highest BCUT2D eigenvalue weighted by molar-refractivity contribution is 4.75. The Morgan fingerprint density at radius 2 is 1.50 bits per heavy atom. The zero-order chi connectivity index (χ0) is 11.4. The SMILES string of the molecule is CN(CC(C)(C)C)CC(C)(C)CCN. The lowest BCUT2D eigenvalue weighted by atomic mass is 9.87. The van der Waals surface area contributed by atoms with E-state index in [4.69, 9.17) is 5.73 Å². The number of hydrogen-bond donors (Lipinski definition) is 1. The average Bonchev–Trinajstić information content (AvgIpc) is 1.78. The van der Waals surface area contributed by atoms with Gasteiger partial charge in [0.25, 0.3) is 0 Å². The topological polar surface area (TPSA) is 29.3 Å². The minimum Gasteiger partial charge on any atom is -0.330 e. The van der Waals surface area contributed by atoms with Crippen molar-refractivity contribution in [3.63, 3.8) is 0 Å². The second-order valence-electron chi connectivity index (χ2n) is 6.44. The van der Waals surface area contributed by atoms with Gasteiger partial charge >= 0.3 is 0 Å². The molecule has 2 nitrogen and oxygen atoms in total. The second kappa shape index (κ2) is 5.13. The maximum atomic E-state index is 5.60. The first kappa shape index (κ1) is 13.9. The minimum atomic E-state index is 0.342. The van der Waals surface area contributed by atoms with Crippen molar-refractivity contribution in [1.82, 2.24) is 4.90 Å². The summed E-state index contributed by atoms with van der Waals surface area (Å²) in [5, 5.41) is 0. The van der Waals surface area contributed by atoms with Crippen molar-refractivity contribution in [2.75, 3.05) is 26.7 Å². The molecule has 2 heteroatoms. The Morgan fingerprint density at radius 1 is 1.00 bits per heavy atom. The molecule has 0 saturated carbocycles. The Labute approximate surface area is 89.9 Å². The fraction of sp³-hybridized carbons (Fsp3) is 1.00. The zero-order valence-electron chi connectivity index (χ0n) is 10.9. The van der Waals surface area contributed by atoms with Gasteiger partial charge in [0.15, 0.2) is 0 Å². The van der Waals surface area contributed by atoms with E-state index in [1.165, 1.54) is 0 Å². The number of rotatable bonds is 5. The molecule has 14 heavy (non-hydrogen) atoms. The van der Waals surface area contributed by atoms with Gasteiger partial charge in [-0.05, 0) is 30.8 Å². The molecule has 0 atom stereocenters. The molecule has 2 N–H and O–H groups in total. The summed E-state index contributed by atoms with van der Waals surface area (Å²) in [7, 11) is 2.20. The predicted octanol–water partition coefficient (Wildman–Crippen LogP) is 2.34. The van der Waals surface area contributed by atoms with E-state index in [2.05, 4.69) is 46.6 Å². The molecule has 0 fully saturated rings. The van der Waals surface area contributed by atoms with Crippen LogP contribution in [0.25, 0.3) is 0 Å². The molecule has 0 unspecified atom stereocenters. The van der Waals surface area contributed by atoms with Gasteiger partial charge in [-0.1, -0.05) is 34.6 Å². The molecule has 0 aromatic rings. The highest BCUT2D eigenvalue weighted by Crippen LogP contribution is 2.22. The van der Waals surface area contributed by atoms with E-state index >= 15 is 0 Å². The molecule has 0 amide bonds. The number of nitrogens with two attached hydrogens (primary N) is 1. The number of hydrogen-bond acceptors (Lipinski definition) is 2. The van der Waals surface area contributed by atoms with Crippen molar-refractivity contribution in [1.29, 1.82) is 0 Å². The highest BCUT2D eigenvalue weighted by Gasteiger charge is 2.21. The summed E-state index contributed by atoms with van der Waals surface area (Å²) in [4.78, 5) is 2.41. The fourth-order valence-electron chi connectivity index (χ4n) is 2.07. The molecule has 0 radical (unpaired) electrons. The monoisotopic (exact) mass is 200 g/mol. The maximum Gasteiger partial charge on any atom is 0.00303 e. The van der Waals surface area contributed by atoms with Gasteiger partial charge in [0, 0.05) is 13.1 Å². The third-order valence-corrected chi connectivity index (χ3v) is 2.26. The van der Waals surface area contributed by atoms with Crippen LogP contribution in [0.5, 0.6) is 0 Å². The molecular weight excluding hydrogens is 172 g/mol. The molecule has 0 rings (SSSR count). The van der Waals surface area contributed by atoms with Gasteiger partial charge in [-0.25, -0.2) is 0 Å². The van der Waals surface area contributed by atoms with Gasteiger partial charge in [0.2, 0.25) is 0 Å². The van der Waals surface area contributed by atoms with E-state index in [9.17, 15) is 0 Å². The first-order valence-electron chi connectivity index (χ1n) is 5.55. The minimum absolute atomic E-state index is 0.342. The third-order valence-electron chi connectivity index (χ3n) is 2.26. The first-order valence-corrected chi connectivity index (χ1v) is 5.55. The lowest BCUT2D eigenvalue weighted by molar-refractivity contribution is 0.156.